The van der Waals surface area contributed by atoms with E-state index in [9.17, 15) is 9.59 Å². The molecule has 33 heavy (non-hydrogen) atoms. The van der Waals surface area contributed by atoms with E-state index in [1.54, 1.807) is 11.0 Å². The Hall–Kier alpha value is -3.18. The first-order valence-corrected chi connectivity index (χ1v) is 11.8. The van der Waals surface area contributed by atoms with Gasteiger partial charge >= 0.3 is 0 Å². The summed E-state index contributed by atoms with van der Waals surface area (Å²) < 4.78 is 0. The molecule has 2 amide bonds. The molecule has 3 aromatic rings. The minimum atomic E-state index is -0.641. The highest BCUT2D eigenvalue weighted by atomic mass is 35.5. The van der Waals surface area contributed by atoms with Crippen LogP contribution in [0.5, 0.6) is 0 Å². The number of carbonyl (C=O) groups is 2. The summed E-state index contributed by atoms with van der Waals surface area (Å²) in [4.78, 5) is 32.4. The van der Waals surface area contributed by atoms with Crippen LogP contribution in [0, 0.1) is 0 Å². The Morgan fingerprint density at radius 3 is 2.55 bits per heavy atom. The summed E-state index contributed by atoms with van der Waals surface area (Å²) in [6.07, 6.45) is 6.56. The summed E-state index contributed by atoms with van der Waals surface area (Å²) in [6, 6.07) is 18.4. The Morgan fingerprint density at radius 1 is 1.06 bits per heavy atom. The fourth-order valence-corrected chi connectivity index (χ4v) is 4.36. The summed E-state index contributed by atoms with van der Waals surface area (Å²) in [6.45, 7) is 2.54. The van der Waals surface area contributed by atoms with Gasteiger partial charge in [0, 0.05) is 29.9 Å². The van der Waals surface area contributed by atoms with Crippen molar-refractivity contribution in [1.29, 1.82) is 0 Å². The van der Waals surface area contributed by atoms with Crippen LogP contribution in [0.4, 0.5) is 5.69 Å². The maximum atomic E-state index is 13.3. The average molecular weight is 462 g/mol. The predicted molar refractivity (Wildman–Crippen MR) is 131 cm³/mol. The molecule has 170 valence electrons. The van der Waals surface area contributed by atoms with Crippen molar-refractivity contribution in [1.82, 2.24) is 9.88 Å². The molecule has 5 nitrogen and oxygen atoms in total. The number of unbranched alkanes of at least 4 members (excludes halogenated alkanes) is 2. The lowest BCUT2D eigenvalue weighted by Gasteiger charge is -2.35. The lowest BCUT2D eigenvalue weighted by molar-refractivity contribution is -0.121. The molecule has 0 unspecified atom stereocenters. The molecule has 1 aromatic heterocycles. The van der Waals surface area contributed by atoms with Gasteiger partial charge in [-0.15, -0.1) is 0 Å². The first-order chi connectivity index (χ1) is 16.0. The zero-order valence-electron chi connectivity index (χ0n) is 18.8. The van der Waals surface area contributed by atoms with Gasteiger partial charge in [0.15, 0.2) is 0 Å². The quantitative estimate of drug-likeness (QED) is 0.461. The van der Waals surface area contributed by atoms with Gasteiger partial charge in [0.2, 0.25) is 5.91 Å². The second kappa shape index (κ2) is 10.6. The van der Waals surface area contributed by atoms with Gasteiger partial charge in [0.25, 0.3) is 5.91 Å². The highest BCUT2D eigenvalue weighted by Gasteiger charge is 2.35. The number of aryl methyl sites for hydroxylation is 1. The Kier molecular flexibility index (Phi) is 7.40. The first kappa shape index (κ1) is 23.0. The Morgan fingerprint density at radius 2 is 1.82 bits per heavy atom. The Bertz CT molecular complexity index is 1130. The number of anilines is 1. The third-order valence-electron chi connectivity index (χ3n) is 6.04. The lowest BCUT2D eigenvalue weighted by Crippen LogP contribution is -2.50. The largest absolute Gasteiger partial charge is 0.324 e. The number of nitrogens with zero attached hydrogens (tertiary/aromatic N) is 2. The zero-order valence-corrected chi connectivity index (χ0v) is 19.5. The number of benzene rings is 2. The summed E-state index contributed by atoms with van der Waals surface area (Å²) in [5.41, 5.74) is 4.33. The van der Waals surface area contributed by atoms with Gasteiger partial charge < -0.3 is 10.2 Å². The number of hydrogen-bond acceptors (Lipinski definition) is 3. The molecule has 1 aliphatic heterocycles. The number of carbonyl (C=O) groups excluding carboxylic acids is 2. The first-order valence-electron chi connectivity index (χ1n) is 11.4. The molecule has 0 bridgehead atoms. The summed E-state index contributed by atoms with van der Waals surface area (Å²) in [7, 11) is 0. The van der Waals surface area contributed by atoms with E-state index in [0.29, 0.717) is 18.0 Å². The molecule has 2 aromatic carbocycles. The van der Waals surface area contributed by atoms with Gasteiger partial charge in [-0.05, 0) is 53.8 Å². The molecule has 1 N–H and O–H groups in total. The molecule has 0 fully saturated rings. The maximum absolute atomic E-state index is 13.3. The SMILES string of the molecule is CCCCCc1ccc(NC(=O)[C@@H]2Cc3ccccc3CN2C(=O)c2cc(Cl)ccn2)cc1. The van der Waals surface area contributed by atoms with Gasteiger partial charge in [-0.3, -0.25) is 14.6 Å². The minimum Gasteiger partial charge on any atom is -0.324 e. The molecule has 0 spiro atoms. The van der Waals surface area contributed by atoms with Crippen molar-refractivity contribution in [3.8, 4) is 0 Å². The van der Waals surface area contributed by atoms with Crippen LogP contribution in [0.3, 0.4) is 0 Å². The van der Waals surface area contributed by atoms with Crippen LogP contribution in [0.25, 0.3) is 0 Å². The minimum absolute atomic E-state index is 0.210. The molecule has 2 heterocycles. The molecule has 6 heteroatoms. The monoisotopic (exact) mass is 461 g/mol. The second-order valence-electron chi connectivity index (χ2n) is 8.42. The van der Waals surface area contributed by atoms with Gasteiger partial charge in [0.05, 0.1) is 0 Å². The molecule has 1 aliphatic rings. The lowest BCUT2D eigenvalue weighted by atomic mass is 9.93. The molecule has 0 saturated carbocycles. The van der Waals surface area contributed by atoms with Crippen LogP contribution in [0.15, 0.2) is 66.9 Å². The van der Waals surface area contributed by atoms with Crippen molar-refractivity contribution in [2.75, 3.05) is 5.32 Å². The van der Waals surface area contributed by atoms with E-state index in [2.05, 4.69) is 29.4 Å². The highest BCUT2D eigenvalue weighted by Crippen LogP contribution is 2.26. The van der Waals surface area contributed by atoms with Gasteiger partial charge in [0.1, 0.15) is 11.7 Å². The number of nitrogens with one attached hydrogen (secondary N) is 1. The highest BCUT2D eigenvalue weighted by molar-refractivity contribution is 6.30. The van der Waals surface area contributed by atoms with E-state index < -0.39 is 6.04 Å². The molecule has 0 radical (unpaired) electrons. The van der Waals surface area contributed by atoms with Crippen molar-refractivity contribution in [3.63, 3.8) is 0 Å². The average Bonchev–Trinajstić information content (AvgIpc) is 2.84. The van der Waals surface area contributed by atoms with Gasteiger partial charge in [-0.2, -0.15) is 0 Å². The van der Waals surface area contributed by atoms with Crippen molar-refractivity contribution in [2.24, 2.45) is 0 Å². The third kappa shape index (κ3) is 5.60. The number of hydrogen-bond donors (Lipinski definition) is 1. The van der Waals surface area contributed by atoms with E-state index in [0.717, 1.165) is 29.7 Å². The maximum Gasteiger partial charge on any atom is 0.273 e. The standard InChI is InChI=1S/C27H28ClN3O2/c1-2-3-4-7-19-10-12-23(13-11-19)30-26(32)25-16-20-8-5-6-9-21(20)18-31(25)27(33)24-17-22(28)14-15-29-24/h5-6,8-15,17,25H,2-4,7,16,18H2,1H3,(H,30,32)/t25-/m0/s1. The molecule has 4 rings (SSSR count). The smallest absolute Gasteiger partial charge is 0.273 e. The number of rotatable bonds is 7. The Labute approximate surface area is 199 Å². The van der Waals surface area contributed by atoms with E-state index in [-0.39, 0.29) is 17.5 Å². The number of halogens is 1. The topological polar surface area (TPSA) is 62.3 Å². The molecule has 0 saturated heterocycles. The van der Waals surface area contributed by atoms with E-state index in [1.807, 2.05) is 36.4 Å². The van der Waals surface area contributed by atoms with Gasteiger partial charge in [-0.1, -0.05) is 67.8 Å². The normalized spacial score (nSPS) is 15.1. The number of amides is 2. The van der Waals surface area contributed by atoms with Gasteiger partial charge in [-0.25, -0.2) is 0 Å². The fraction of sp³-hybridized carbons (Fsp3) is 0.296. The van der Waals surface area contributed by atoms with E-state index in [4.69, 9.17) is 11.6 Å². The molecular formula is C27H28ClN3O2. The van der Waals surface area contributed by atoms with Crippen molar-refractivity contribution >= 4 is 29.1 Å². The fourth-order valence-electron chi connectivity index (χ4n) is 4.20. The van der Waals surface area contributed by atoms with Crippen LogP contribution in [0.2, 0.25) is 5.02 Å². The second-order valence-corrected chi connectivity index (χ2v) is 8.86. The summed E-state index contributed by atoms with van der Waals surface area (Å²) in [5, 5.41) is 3.44. The summed E-state index contributed by atoms with van der Waals surface area (Å²) >= 11 is 6.08. The molecule has 1 atom stereocenters. The molecular weight excluding hydrogens is 434 g/mol. The van der Waals surface area contributed by atoms with Crippen LogP contribution in [0.1, 0.15) is 53.4 Å². The van der Waals surface area contributed by atoms with Crippen LogP contribution < -0.4 is 5.32 Å². The van der Waals surface area contributed by atoms with Crippen LogP contribution in [-0.2, 0) is 24.2 Å². The number of pyridine rings is 1. The molecule has 0 aliphatic carbocycles. The zero-order chi connectivity index (χ0) is 23.2. The van der Waals surface area contributed by atoms with Crippen molar-refractivity contribution < 1.29 is 9.59 Å². The Balaban J connectivity index is 1.54. The van der Waals surface area contributed by atoms with Crippen molar-refractivity contribution in [3.05, 3.63) is 94.3 Å². The van der Waals surface area contributed by atoms with Crippen LogP contribution >= 0.6 is 11.6 Å². The van der Waals surface area contributed by atoms with E-state index >= 15 is 0 Å². The summed E-state index contributed by atoms with van der Waals surface area (Å²) in [5.74, 6) is -0.517. The number of fused-ring (bicyclic) bond motifs is 1. The van der Waals surface area contributed by atoms with E-state index in [1.165, 1.54) is 30.7 Å². The van der Waals surface area contributed by atoms with Crippen LogP contribution in [-0.4, -0.2) is 27.7 Å². The third-order valence-corrected chi connectivity index (χ3v) is 6.28. The van der Waals surface area contributed by atoms with Crippen molar-refractivity contribution in [2.45, 2.75) is 51.6 Å². The predicted octanol–water partition coefficient (Wildman–Crippen LogP) is 5.67. The number of aromatic nitrogens is 1.